The van der Waals surface area contributed by atoms with Crippen LogP contribution in [0.3, 0.4) is 0 Å². The molecule has 1 rings (SSSR count). The van der Waals surface area contributed by atoms with Crippen LogP contribution in [0.4, 0.5) is 13.6 Å². The van der Waals surface area contributed by atoms with Crippen molar-refractivity contribution < 1.29 is 42.7 Å². The maximum atomic E-state index is 14.4. The Morgan fingerprint density at radius 1 is 1.14 bits per heavy atom. The normalized spacial score (nSPS) is 16.5. The smallest absolute Gasteiger partial charge is 0.419 e. The van der Waals surface area contributed by atoms with Crippen molar-refractivity contribution in [1.29, 1.82) is 5.41 Å². The van der Waals surface area contributed by atoms with E-state index < -0.39 is 40.8 Å². The summed E-state index contributed by atoms with van der Waals surface area (Å²) in [6.07, 6.45) is -0.870. The first-order valence-corrected chi connectivity index (χ1v) is 8.76. The first-order chi connectivity index (χ1) is 12.9. The number of nitrogens with zero attached hydrogens (tertiary/aromatic N) is 1. The van der Waals surface area contributed by atoms with E-state index in [4.69, 9.17) is 14.9 Å². The van der Waals surface area contributed by atoms with Gasteiger partial charge in [-0.15, -0.1) is 0 Å². The van der Waals surface area contributed by atoms with Crippen molar-refractivity contribution in [2.24, 2.45) is 0 Å². The number of ether oxygens (including phenoxy) is 3. The average molecular weight is 406 g/mol. The molecular weight excluding hydrogens is 380 g/mol. The monoisotopic (exact) mass is 406 g/mol. The molecule has 11 heteroatoms. The average Bonchev–Trinajstić information content (AvgIpc) is 3.03. The number of hydrogen-bond acceptors (Lipinski definition) is 7. The standard InChI is InChI=1S/C17H25F2N3O6/c1-6-26-13(23)10(11(20)17(18,19)14(24)27-7-2)12-21-8-9-22(12)15(25)28-16(3,4)5/h20-21H,6-9H2,1-5H3/p+1. The van der Waals surface area contributed by atoms with E-state index in [9.17, 15) is 23.2 Å². The summed E-state index contributed by atoms with van der Waals surface area (Å²) in [5.74, 6) is -7.88. The number of carbonyl (C=O) groups excluding carboxylic acids is 3. The third kappa shape index (κ3) is 5.47. The quantitative estimate of drug-likeness (QED) is 0.291. The molecule has 0 radical (unpaired) electrons. The van der Waals surface area contributed by atoms with E-state index >= 15 is 0 Å². The van der Waals surface area contributed by atoms with Gasteiger partial charge in [0.15, 0.2) is 5.57 Å². The Morgan fingerprint density at radius 3 is 2.21 bits per heavy atom. The highest BCUT2D eigenvalue weighted by Crippen LogP contribution is 2.25. The maximum absolute atomic E-state index is 14.4. The van der Waals surface area contributed by atoms with E-state index in [0.717, 1.165) is 4.90 Å². The van der Waals surface area contributed by atoms with Gasteiger partial charge >= 0.3 is 24.0 Å². The predicted molar refractivity (Wildman–Crippen MR) is 92.7 cm³/mol. The van der Waals surface area contributed by atoms with Crippen LogP contribution in [0.5, 0.6) is 0 Å². The van der Waals surface area contributed by atoms with Crippen LogP contribution < -0.4 is 5.32 Å². The molecule has 1 saturated heterocycles. The molecule has 0 atom stereocenters. The van der Waals surface area contributed by atoms with E-state index in [0.29, 0.717) is 0 Å². The lowest BCUT2D eigenvalue weighted by Crippen LogP contribution is -2.81. The number of alkyl halides is 2. The summed E-state index contributed by atoms with van der Waals surface area (Å²) in [4.78, 5) is 37.3. The Kier molecular flexibility index (Phi) is 7.62. The zero-order chi connectivity index (χ0) is 21.7. The van der Waals surface area contributed by atoms with E-state index in [1.54, 1.807) is 20.8 Å². The van der Waals surface area contributed by atoms with Gasteiger partial charge in [-0.1, -0.05) is 0 Å². The Morgan fingerprint density at radius 2 is 1.71 bits per heavy atom. The minimum absolute atomic E-state index is 0.0609. The number of hydrogen-bond donors (Lipinski definition) is 2. The van der Waals surface area contributed by atoms with Crippen molar-refractivity contribution in [1.82, 2.24) is 4.90 Å². The van der Waals surface area contributed by atoms with Gasteiger partial charge in [0.1, 0.15) is 11.3 Å². The number of quaternary nitrogens is 1. The molecule has 0 aromatic carbocycles. The second-order valence-corrected chi connectivity index (χ2v) is 6.78. The highest BCUT2D eigenvalue weighted by molar-refractivity contribution is 6.27. The van der Waals surface area contributed by atoms with Gasteiger partial charge in [-0.25, -0.2) is 19.3 Å². The fourth-order valence-electron chi connectivity index (χ4n) is 2.32. The molecule has 1 aliphatic heterocycles. The Hall–Kier alpha value is -2.56. The molecule has 1 heterocycles. The fourth-order valence-corrected chi connectivity index (χ4v) is 2.32. The summed E-state index contributed by atoms with van der Waals surface area (Å²) >= 11 is 0. The summed E-state index contributed by atoms with van der Waals surface area (Å²) in [6, 6.07) is 0. The van der Waals surface area contributed by atoms with Gasteiger partial charge in [-0.2, -0.15) is 8.78 Å². The van der Waals surface area contributed by atoms with Gasteiger partial charge in [0, 0.05) is 0 Å². The molecule has 3 N–H and O–H groups in total. The largest absolute Gasteiger partial charge is 0.462 e. The SMILES string of the molecule is CCOC(=O)C(C(=N)C(F)(F)C(=O)OCC)=C1[NH2+]CCN1C(=O)OC(C)(C)C. The predicted octanol–water partition coefficient (Wildman–Crippen LogP) is 0.793. The van der Waals surface area contributed by atoms with Gasteiger partial charge < -0.3 is 14.2 Å². The number of esters is 2. The second-order valence-electron chi connectivity index (χ2n) is 6.78. The third-order valence-corrected chi connectivity index (χ3v) is 3.43. The molecule has 0 bridgehead atoms. The molecule has 0 spiro atoms. The lowest BCUT2D eigenvalue weighted by molar-refractivity contribution is -0.594. The van der Waals surface area contributed by atoms with Gasteiger partial charge in [0.2, 0.25) is 5.82 Å². The number of rotatable bonds is 6. The molecule has 158 valence electrons. The van der Waals surface area contributed by atoms with Gasteiger partial charge in [0.05, 0.1) is 26.3 Å². The Labute approximate surface area is 161 Å². The van der Waals surface area contributed by atoms with Crippen molar-refractivity contribution in [2.75, 3.05) is 26.3 Å². The molecule has 1 fully saturated rings. The summed E-state index contributed by atoms with van der Waals surface area (Å²) in [5, 5.41) is 9.17. The number of halogens is 2. The summed E-state index contributed by atoms with van der Waals surface area (Å²) in [5.41, 5.74) is -3.36. The molecule has 1 amide bonds. The first-order valence-electron chi connectivity index (χ1n) is 8.76. The zero-order valence-electron chi connectivity index (χ0n) is 16.6. The number of amides is 1. The van der Waals surface area contributed by atoms with Crippen molar-refractivity contribution >= 4 is 23.7 Å². The summed E-state index contributed by atoms with van der Waals surface area (Å²) in [7, 11) is 0. The van der Waals surface area contributed by atoms with E-state index in [-0.39, 0.29) is 32.1 Å². The molecule has 0 saturated carbocycles. The zero-order valence-corrected chi connectivity index (χ0v) is 16.6. The molecule has 1 aliphatic rings. The highest BCUT2D eigenvalue weighted by atomic mass is 19.3. The van der Waals surface area contributed by atoms with Crippen LogP contribution in [0.25, 0.3) is 0 Å². The van der Waals surface area contributed by atoms with Crippen LogP contribution in [-0.4, -0.2) is 66.5 Å². The van der Waals surface area contributed by atoms with Crippen LogP contribution in [0.15, 0.2) is 11.4 Å². The number of nitrogens with one attached hydrogen (secondary N) is 1. The number of nitrogens with two attached hydrogens (primary N) is 1. The van der Waals surface area contributed by atoms with Crippen LogP contribution in [0.1, 0.15) is 34.6 Å². The first kappa shape index (κ1) is 23.5. The molecule has 0 aromatic heterocycles. The summed E-state index contributed by atoms with van der Waals surface area (Å²) < 4.78 is 43.1. The van der Waals surface area contributed by atoms with E-state index in [2.05, 4.69) is 4.74 Å². The minimum Gasteiger partial charge on any atom is -0.462 e. The highest BCUT2D eigenvalue weighted by Gasteiger charge is 2.52. The van der Waals surface area contributed by atoms with Crippen molar-refractivity contribution in [2.45, 2.75) is 46.1 Å². The van der Waals surface area contributed by atoms with E-state index in [1.165, 1.54) is 19.2 Å². The van der Waals surface area contributed by atoms with Gasteiger partial charge in [0.25, 0.3) is 0 Å². The van der Waals surface area contributed by atoms with E-state index in [1.807, 2.05) is 0 Å². The van der Waals surface area contributed by atoms with Crippen molar-refractivity contribution in [3.63, 3.8) is 0 Å². The van der Waals surface area contributed by atoms with Crippen molar-refractivity contribution in [3.05, 3.63) is 11.4 Å². The molecule has 0 unspecified atom stereocenters. The Balaban J connectivity index is 3.42. The van der Waals surface area contributed by atoms with Crippen molar-refractivity contribution in [3.8, 4) is 0 Å². The molecule has 9 nitrogen and oxygen atoms in total. The minimum atomic E-state index is -4.40. The third-order valence-electron chi connectivity index (χ3n) is 3.43. The topological polar surface area (TPSA) is 123 Å². The molecule has 0 aromatic rings. The van der Waals surface area contributed by atoms with Crippen LogP contribution in [0, 0.1) is 5.41 Å². The molecule has 28 heavy (non-hydrogen) atoms. The maximum Gasteiger partial charge on any atom is 0.419 e. The lowest BCUT2D eigenvalue weighted by Gasteiger charge is -2.24. The van der Waals surface area contributed by atoms with Gasteiger partial charge in [-0.3, -0.25) is 10.7 Å². The molecule has 0 aliphatic carbocycles. The Bertz CT molecular complexity index is 685. The summed E-state index contributed by atoms with van der Waals surface area (Å²) in [6.45, 7) is 7.48. The molecular formula is C17H26F2N3O6+. The fraction of sp³-hybridized carbons (Fsp3) is 0.647. The van der Waals surface area contributed by atoms with Crippen LogP contribution in [-0.2, 0) is 23.8 Å². The second kappa shape index (κ2) is 9.09. The van der Waals surface area contributed by atoms with Crippen LogP contribution in [0.2, 0.25) is 0 Å². The van der Waals surface area contributed by atoms with Gasteiger partial charge in [-0.05, 0) is 34.6 Å². The lowest BCUT2D eigenvalue weighted by atomic mass is 10.0. The van der Waals surface area contributed by atoms with Crippen LogP contribution >= 0.6 is 0 Å². The number of carbonyl (C=O) groups is 3.